The number of fused-ring (bicyclic) bond motifs is 1. The zero-order valence-corrected chi connectivity index (χ0v) is 8.91. The van der Waals surface area contributed by atoms with E-state index in [0.717, 1.165) is 19.6 Å². The molecule has 0 fully saturated rings. The van der Waals surface area contributed by atoms with Gasteiger partial charge < -0.3 is 10.1 Å². The second-order valence-electron chi connectivity index (χ2n) is 3.93. The van der Waals surface area contributed by atoms with Crippen LogP contribution in [0.5, 0.6) is 0 Å². The number of rotatable bonds is 4. The Hall–Kier alpha value is -1.28. The third-order valence-electron chi connectivity index (χ3n) is 2.70. The maximum atomic E-state index is 5.48. The number of ether oxygens (including phenoxy) is 1. The summed E-state index contributed by atoms with van der Waals surface area (Å²) in [4.78, 5) is 0. The quantitative estimate of drug-likeness (QED) is 0.599. The monoisotopic (exact) mass is 203 g/mol. The van der Waals surface area contributed by atoms with Crippen molar-refractivity contribution in [1.82, 2.24) is 0 Å². The average molecular weight is 203 g/mol. The van der Waals surface area contributed by atoms with E-state index >= 15 is 0 Å². The summed E-state index contributed by atoms with van der Waals surface area (Å²) < 4.78 is 5.48. The Morgan fingerprint density at radius 2 is 2.33 bits per heavy atom. The van der Waals surface area contributed by atoms with E-state index in [1.807, 2.05) is 0 Å². The molecule has 0 aromatic heterocycles. The van der Waals surface area contributed by atoms with Crippen molar-refractivity contribution in [2.24, 2.45) is 5.92 Å². The minimum atomic E-state index is 0.583. The average Bonchev–Trinajstić information content (AvgIpc) is 2.29. The first-order valence-corrected chi connectivity index (χ1v) is 5.40. The normalized spacial score (nSPS) is 19.1. The van der Waals surface area contributed by atoms with E-state index < -0.39 is 0 Å². The highest BCUT2D eigenvalue weighted by Gasteiger charge is 2.17. The highest BCUT2D eigenvalue weighted by Crippen LogP contribution is 2.24. The Bertz CT molecular complexity index is 335. The van der Waals surface area contributed by atoms with Crippen LogP contribution < -0.4 is 5.32 Å². The summed E-state index contributed by atoms with van der Waals surface area (Å²) in [5, 5.41) is 3.43. The van der Waals surface area contributed by atoms with Crippen LogP contribution in [-0.4, -0.2) is 19.8 Å². The molecule has 15 heavy (non-hydrogen) atoms. The number of para-hydroxylation sites is 1. The van der Waals surface area contributed by atoms with Crippen molar-refractivity contribution < 1.29 is 4.74 Å². The van der Waals surface area contributed by atoms with Crippen LogP contribution >= 0.6 is 0 Å². The molecule has 1 N–H and O–H groups in total. The van der Waals surface area contributed by atoms with E-state index in [1.54, 1.807) is 6.08 Å². The van der Waals surface area contributed by atoms with Gasteiger partial charge in [-0.15, -0.1) is 6.58 Å². The van der Waals surface area contributed by atoms with Crippen molar-refractivity contribution in [3.8, 4) is 0 Å². The largest absolute Gasteiger partial charge is 0.384 e. The number of hydrogen-bond acceptors (Lipinski definition) is 2. The molecule has 2 nitrogen and oxygen atoms in total. The lowest BCUT2D eigenvalue weighted by Crippen LogP contribution is -2.26. The van der Waals surface area contributed by atoms with Gasteiger partial charge in [0.05, 0.1) is 13.2 Å². The molecule has 0 saturated carbocycles. The molecule has 80 valence electrons. The van der Waals surface area contributed by atoms with E-state index in [4.69, 9.17) is 4.74 Å². The summed E-state index contributed by atoms with van der Waals surface area (Å²) in [5.41, 5.74) is 2.67. The van der Waals surface area contributed by atoms with Gasteiger partial charge in [0.15, 0.2) is 0 Å². The van der Waals surface area contributed by atoms with Gasteiger partial charge in [-0.05, 0) is 18.1 Å². The smallest absolute Gasteiger partial charge is 0.0644 e. The molecule has 0 aliphatic carbocycles. The molecule has 1 aromatic carbocycles. The fourth-order valence-electron chi connectivity index (χ4n) is 1.94. The molecule has 0 unspecified atom stereocenters. The SMILES string of the molecule is C=CCOC[C@H]1CNc2ccccc2C1. The molecule has 0 radical (unpaired) electrons. The molecule has 1 aromatic rings. The van der Waals surface area contributed by atoms with Crippen LogP contribution in [-0.2, 0) is 11.2 Å². The molecule has 1 atom stereocenters. The van der Waals surface area contributed by atoms with Crippen molar-refractivity contribution in [2.75, 3.05) is 25.1 Å². The highest BCUT2D eigenvalue weighted by atomic mass is 16.5. The first-order chi connectivity index (χ1) is 7.40. The lowest BCUT2D eigenvalue weighted by atomic mass is 9.95. The molecule has 2 rings (SSSR count). The molecule has 1 aliphatic heterocycles. The van der Waals surface area contributed by atoms with Gasteiger partial charge in [-0.2, -0.15) is 0 Å². The summed E-state index contributed by atoms with van der Waals surface area (Å²) in [7, 11) is 0. The van der Waals surface area contributed by atoms with Crippen LogP contribution in [0.15, 0.2) is 36.9 Å². The van der Waals surface area contributed by atoms with Gasteiger partial charge in [0.1, 0.15) is 0 Å². The lowest BCUT2D eigenvalue weighted by molar-refractivity contribution is 0.126. The number of anilines is 1. The fraction of sp³-hybridized carbons (Fsp3) is 0.385. The molecule has 0 spiro atoms. The first-order valence-electron chi connectivity index (χ1n) is 5.40. The fourth-order valence-corrected chi connectivity index (χ4v) is 1.94. The van der Waals surface area contributed by atoms with Crippen LogP contribution in [0.25, 0.3) is 0 Å². The van der Waals surface area contributed by atoms with Gasteiger partial charge in [-0.25, -0.2) is 0 Å². The molecular formula is C13H17NO. The van der Waals surface area contributed by atoms with Gasteiger partial charge >= 0.3 is 0 Å². The number of benzene rings is 1. The van der Waals surface area contributed by atoms with E-state index in [0.29, 0.717) is 12.5 Å². The van der Waals surface area contributed by atoms with E-state index in [9.17, 15) is 0 Å². The molecule has 2 heteroatoms. The Kier molecular flexibility index (Phi) is 3.41. The Balaban J connectivity index is 1.91. The molecular weight excluding hydrogens is 186 g/mol. The summed E-state index contributed by atoms with van der Waals surface area (Å²) in [5.74, 6) is 0.583. The maximum Gasteiger partial charge on any atom is 0.0644 e. The van der Waals surface area contributed by atoms with Crippen LogP contribution in [0.4, 0.5) is 5.69 Å². The van der Waals surface area contributed by atoms with Crippen molar-refractivity contribution in [2.45, 2.75) is 6.42 Å². The Labute approximate surface area is 91.0 Å². The minimum Gasteiger partial charge on any atom is -0.384 e. The topological polar surface area (TPSA) is 21.3 Å². The predicted molar refractivity (Wildman–Crippen MR) is 63.1 cm³/mol. The second-order valence-corrected chi connectivity index (χ2v) is 3.93. The third-order valence-corrected chi connectivity index (χ3v) is 2.70. The number of hydrogen-bond donors (Lipinski definition) is 1. The van der Waals surface area contributed by atoms with Crippen LogP contribution in [0.2, 0.25) is 0 Å². The maximum absolute atomic E-state index is 5.48. The summed E-state index contributed by atoms with van der Waals surface area (Å²) in [6, 6.07) is 8.48. The molecule has 0 saturated heterocycles. The molecule has 1 aliphatic rings. The van der Waals surface area contributed by atoms with Crippen molar-refractivity contribution in [3.05, 3.63) is 42.5 Å². The summed E-state index contributed by atoms with van der Waals surface area (Å²) in [6.45, 7) is 6.11. The molecule has 0 bridgehead atoms. The Morgan fingerprint density at radius 1 is 1.47 bits per heavy atom. The van der Waals surface area contributed by atoms with Gasteiger partial charge in [-0.3, -0.25) is 0 Å². The summed E-state index contributed by atoms with van der Waals surface area (Å²) in [6.07, 6.45) is 2.91. The van der Waals surface area contributed by atoms with Gasteiger partial charge in [0.25, 0.3) is 0 Å². The second kappa shape index (κ2) is 4.99. The standard InChI is InChI=1S/C13H17NO/c1-2-7-15-10-11-8-12-5-3-4-6-13(12)14-9-11/h2-6,11,14H,1,7-10H2/t11-/m1/s1. The Morgan fingerprint density at radius 3 is 3.20 bits per heavy atom. The third kappa shape index (κ3) is 2.60. The van der Waals surface area contributed by atoms with E-state index in [2.05, 4.69) is 36.2 Å². The minimum absolute atomic E-state index is 0.583. The van der Waals surface area contributed by atoms with E-state index in [1.165, 1.54) is 11.3 Å². The van der Waals surface area contributed by atoms with Crippen molar-refractivity contribution in [3.63, 3.8) is 0 Å². The predicted octanol–water partition coefficient (Wildman–Crippen LogP) is 2.47. The zero-order chi connectivity index (χ0) is 10.5. The van der Waals surface area contributed by atoms with Crippen LogP contribution in [0.3, 0.4) is 0 Å². The number of nitrogens with one attached hydrogen (secondary N) is 1. The van der Waals surface area contributed by atoms with Crippen LogP contribution in [0.1, 0.15) is 5.56 Å². The first kappa shape index (κ1) is 10.2. The van der Waals surface area contributed by atoms with Gasteiger partial charge in [0, 0.05) is 18.2 Å². The molecule has 1 heterocycles. The molecule has 0 amide bonds. The van der Waals surface area contributed by atoms with Crippen molar-refractivity contribution in [1.29, 1.82) is 0 Å². The van der Waals surface area contributed by atoms with Crippen molar-refractivity contribution >= 4 is 5.69 Å². The van der Waals surface area contributed by atoms with E-state index in [-0.39, 0.29) is 0 Å². The lowest BCUT2D eigenvalue weighted by Gasteiger charge is -2.25. The highest BCUT2D eigenvalue weighted by molar-refractivity contribution is 5.53. The van der Waals surface area contributed by atoms with Gasteiger partial charge in [0.2, 0.25) is 0 Å². The zero-order valence-electron chi connectivity index (χ0n) is 8.91. The summed E-state index contributed by atoms with van der Waals surface area (Å²) >= 11 is 0. The van der Waals surface area contributed by atoms with Gasteiger partial charge in [-0.1, -0.05) is 24.3 Å². The van der Waals surface area contributed by atoms with Crippen LogP contribution in [0, 0.1) is 5.92 Å².